The number of nitrogens with zero attached hydrogens (tertiary/aromatic N) is 3. The predicted octanol–water partition coefficient (Wildman–Crippen LogP) is -0.160. The van der Waals surface area contributed by atoms with Gasteiger partial charge in [-0.25, -0.2) is 9.78 Å². The number of carboxylic acids is 2. The Hall–Kier alpha value is -2.52. The largest absolute Gasteiger partial charge is 2.00 e. The SMILES string of the molecule is CC(/C=C1\CCCN1C)=C1\C(=O)ON=C1c1nccs1.CC(=O)[O-].CC(=O)[O-].[Ni+2]. The molecule has 0 spiro atoms. The third kappa shape index (κ3) is 9.01. The van der Waals surface area contributed by atoms with E-state index in [1.807, 2.05) is 12.3 Å². The van der Waals surface area contributed by atoms with Crippen molar-refractivity contribution in [1.29, 1.82) is 0 Å². The van der Waals surface area contributed by atoms with Crippen LogP contribution in [0.25, 0.3) is 0 Å². The van der Waals surface area contributed by atoms with Gasteiger partial charge in [0, 0.05) is 42.8 Å². The molecule has 11 heteroatoms. The quantitative estimate of drug-likeness (QED) is 0.334. The van der Waals surface area contributed by atoms with Gasteiger partial charge in [0.05, 0.1) is 5.57 Å². The zero-order valence-electron chi connectivity index (χ0n) is 16.4. The van der Waals surface area contributed by atoms with E-state index in [1.54, 1.807) is 6.20 Å². The summed E-state index contributed by atoms with van der Waals surface area (Å²) in [6.45, 7) is 4.93. The Morgan fingerprint density at radius 1 is 1.24 bits per heavy atom. The molecule has 2 aliphatic heterocycles. The second-order valence-electron chi connectivity index (χ2n) is 5.86. The van der Waals surface area contributed by atoms with Crippen molar-refractivity contribution in [2.24, 2.45) is 5.16 Å². The van der Waals surface area contributed by atoms with E-state index in [2.05, 4.69) is 28.2 Å². The second-order valence-corrected chi connectivity index (χ2v) is 6.75. The van der Waals surface area contributed by atoms with Gasteiger partial charge in [0.25, 0.3) is 0 Å². The van der Waals surface area contributed by atoms with Crippen LogP contribution in [0.4, 0.5) is 0 Å². The molecule has 9 nitrogen and oxygen atoms in total. The van der Waals surface area contributed by atoms with Crippen LogP contribution in [-0.4, -0.2) is 47.1 Å². The molecule has 0 amide bonds. The standard InChI is InChI=1S/C14H15N3O2S.2C2H4O2.Ni/c1-9(8-10-4-3-6-17(10)2)11-12(16-19-14(11)18)13-15-5-7-20-13;2*1-2(3)4;/h5,7-8H,3-4,6H2,1-2H3;2*1H3,(H,3,4);/q;;;+2/p-2/b10-8+,11-9+;;;. The Morgan fingerprint density at radius 3 is 2.28 bits per heavy atom. The van der Waals surface area contributed by atoms with E-state index >= 15 is 0 Å². The molecule has 0 aliphatic carbocycles. The molecule has 0 aromatic carbocycles. The molecule has 1 aromatic rings. The zero-order chi connectivity index (χ0) is 21.3. The fourth-order valence-electron chi connectivity index (χ4n) is 2.45. The summed E-state index contributed by atoms with van der Waals surface area (Å²) in [5.41, 5.74) is 3.19. The summed E-state index contributed by atoms with van der Waals surface area (Å²) in [4.78, 5) is 40.9. The molecule has 29 heavy (non-hydrogen) atoms. The first kappa shape index (κ1) is 26.5. The average molecular weight is 466 g/mol. The van der Waals surface area contributed by atoms with Crippen molar-refractivity contribution < 1.29 is 45.9 Å². The number of hydrogen-bond donors (Lipinski definition) is 0. The number of carbonyl (C=O) groups is 3. The first-order chi connectivity index (χ1) is 13.1. The number of rotatable bonds is 2. The zero-order valence-corrected chi connectivity index (χ0v) is 18.2. The minimum atomic E-state index is -1.08. The van der Waals surface area contributed by atoms with Crippen LogP contribution < -0.4 is 10.2 Å². The van der Waals surface area contributed by atoms with Crippen molar-refractivity contribution in [3.63, 3.8) is 0 Å². The van der Waals surface area contributed by atoms with Crippen molar-refractivity contribution in [2.45, 2.75) is 33.6 Å². The molecule has 160 valence electrons. The summed E-state index contributed by atoms with van der Waals surface area (Å²) in [5, 5.41) is 24.2. The second kappa shape index (κ2) is 12.8. The monoisotopic (exact) mass is 465 g/mol. The molecule has 1 fully saturated rings. The summed E-state index contributed by atoms with van der Waals surface area (Å²) in [5.74, 6) is -2.56. The number of aromatic nitrogens is 1. The number of likely N-dealkylation sites (tertiary alicyclic amines) is 1. The number of aliphatic carboxylic acids is 2. The first-order valence-corrected chi connectivity index (χ1v) is 9.18. The molecule has 0 radical (unpaired) electrons. The van der Waals surface area contributed by atoms with E-state index in [9.17, 15) is 4.79 Å². The van der Waals surface area contributed by atoms with Gasteiger partial charge < -0.3 is 29.5 Å². The predicted molar refractivity (Wildman–Crippen MR) is 98.8 cm³/mol. The van der Waals surface area contributed by atoms with Crippen molar-refractivity contribution >= 4 is 35.0 Å². The van der Waals surface area contributed by atoms with Crippen LogP contribution in [0.1, 0.15) is 38.6 Å². The van der Waals surface area contributed by atoms with Crippen LogP contribution in [0.3, 0.4) is 0 Å². The Labute approximate surface area is 182 Å². The van der Waals surface area contributed by atoms with E-state index in [-0.39, 0.29) is 16.5 Å². The van der Waals surface area contributed by atoms with Crippen LogP contribution in [0.15, 0.2) is 39.7 Å². The van der Waals surface area contributed by atoms with Crippen molar-refractivity contribution in [2.75, 3.05) is 13.6 Å². The van der Waals surface area contributed by atoms with Crippen molar-refractivity contribution in [3.8, 4) is 0 Å². The molecule has 3 heterocycles. The van der Waals surface area contributed by atoms with Gasteiger partial charge >= 0.3 is 22.5 Å². The average Bonchev–Trinajstić information content (AvgIpc) is 3.28. The van der Waals surface area contributed by atoms with Gasteiger partial charge in [-0.05, 0) is 45.3 Å². The maximum absolute atomic E-state index is 11.9. The number of thiazole rings is 1. The summed E-state index contributed by atoms with van der Waals surface area (Å²) >= 11 is 1.45. The minimum Gasteiger partial charge on any atom is -0.550 e. The first-order valence-electron chi connectivity index (χ1n) is 8.30. The van der Waals surface area contributed by atoms with Gasteiger partial charge in [0.15, 0.2) is 5.71 Å². The smallest absolute Gasteiger partial charge is 0.550 e. The number of carbonyl (C=O) groups excluding carboxylic acids is 3. The van der Waals surface area contributed by atoms with E-state index in [0.29, 0.717) is 16.3 Å². The normalized spacial score (nSPS) is 17.8. The number of allylic oxidation sites excluding steroid dienone is 3. The van der Waals surface area contributed by atoms with Gasteiger partial charge in [0.1, 0.15) is 5.01 Å². The van der Waals surface area contributed by atoms with Crippen LogP contribution in [-0.2, 0) is 35.7 Å². The molecule has 0 atom stereocenters. The van der Waals surface area contributed by atoms with Crippen molar-refractivity contribution in [3.05, 3.63) is 39.5 Å². The summed E-state index contributed by atoms with van der Waals surface area (Å²) in [6, 6.07) is 0. The Kier molecular flexibility index (Phi) is 11.7. The Morgan fingerprint density at radius 2 is 1.83 bits per heavy atom. The molecular formula is C18H21N3NiO6S. The molecule has 1 saturated heterocycles. The van der Waals surface area contributed by atoms with Crippen LogP contribution in [0, 0.1) is 0 Å². The molecule has 0 saturated carbocycles. The van der Waals surface area contributed by atoms with Gasteiger partial charge in [-0.1, -0.05) is 5.16 Å². The fourth-order valence-corrected chi connectivity index (χ4v) is 3.07. The van der Waals surface area contributed by atoms with Crippen LogP contribution >= 0.6 is 11.3 Å². The van der Waals surface area contributed by atoms with Gasteiger partial charge in [-0.3, -0.25) is 0 Å². The Balaban J connectivity index is 0.000000752. The molecule has 3 rings (SSSR count). The number of hydrogen-bond acceptors (Lipinski definition) is 10. The Bertz CT molecular complexity index is 798. The van der Waals surface area contributed by atoms with E-state index in [0.717, 1.165) is 38.8 Å². The molecule has 1 aromatic heterocycles. The van der Waals surface area contributed by atoms with Gasteiger partial charge in [-0.15, -0.1) is 11.3 Å². The fraction of sp³-hybridized carbons (Fsp3) is 0.389. The van der Waals surface area contributed by atoms with Crippen LogP contribution in [0.2, 0.25) is 0 Å². The summed E-state index contributed by atoms with van der Waals surface area (Å²) in [6.07, 6.45) is 5.95. The molecular weight excluding hydrogens is 445 g/mol. The van der Waals surface area contributed by atoms with Crippen molar-refractivity contribution in [1.82, 2.24) is 9.88 Å². The third-order valence-electron chi connectivity index (χ3n) is 3.49. The van der Waals surface area contributed by atoms with Gasteiger partial charge in [0.2, 0.25) is 0 Å². The molecule has 0 N–H and O–H groups in total. The molecule has 0 unspecified atom stereocenters. The number of oxime groups is 1. The van der Waals surface area contributed by atoms with E-state index < -0.39 is 17.9 Å². The molecule has 0 bridgehead atoms. The topological polar surface area (TPSA) is 135 Å². The molecule has 2 aliphatic rings. The van der Waals surface area contributed by atoms with Gasteiger partial charge in [-0.2, -0.15) is 0 Å². The minimum absolute atomic E-state index is 0. The summed E-state index contributed by atoms with van der Waals surface area (Å²) in [7, 11) is 2.07. The van der Waals surface area contributed by atoms with E-state index in [1.165, 1.54) is 17.0 Å². The third-order valence-corrected chi connectivity index (χ3v) is 4.27. The maximum Gasteiger partial charge on any atom is 2.00 e. The maximum atomic E-state index is 11.9. The summed E-state index contributed by atoms with van der Waals surface area (Å²) < 4.78 is 0. The van der Waals surface area contributed by atoms with Crippen LogP contribution in [0.5, 0.6) is 0 Å². The van der Waals surface area contributed by atoms with E-state index in [4.69, 9.17) is 24.6 Å². The number of carboxylic acid groups (broad SMARTS) is 2.